The molecule has 21 heavy (non-hydrogen) atoms. The quantitative estimate of drug-likeness (QED) is 0.558. The van der Waals surface area contributed by atoms with Gasteiger partial charge in [-0.1, -0.05) is 75.4 Å². The summed E-state index contributed by atoms with van der Waals surface area (Å²) in [5, 5.41) is 0. The lowest BCUT2D eigenvalue weighted by atomic mass is 9.86. The van der Waals surface area contributed by atoms with Crippen LogP contribution in [0.15, 0.2) is 54.6 Å². The Hall–Kier alpha value is -2.15. The number of hydrogen-bond donors (Lipinski definition) is 0. The van der Waals surface area contributed by atoms with Crippen molar-refractivity contribution in [2.45, 2.75) is 33.1 Å². The van der Waals surface area contributed by atoms with Crippen molar-refractivity contribution < 1.29 is 4.79 Å². The first-order valence-corrected chi connectivity index (χ1v) is 7.26. The van der Waals surface area contributed by atoms with Crippen molar-refractivity contribution in [2.24, 2.45) is 0 Å². The van der Waals surface area contributed by atoms with E-state index in [0.29, 0.717) is 0 Å². The van der Waals surface area contributed by atoms with Gasteiger partial charge in [0.1, 0.15) is 0 Å². The first-order valence-electron chi connectivity index (χ1n) is 7.26. The summed E-state index contributed by atoms with van der Waals surface area (Å²) in [4.78, 5) is 12.2. The molecule has 108 valence electrons. The second kappa shape index (κ2) is 6.09. The number of benzene rings is 2. The van der Waals surface area contributed by atoms with E-state index in [1.165, 1.54) is 11.1 Å². The van der Waals surface area contributed by atoms with Crippen LogP contribution in [0.1, 0.15) is 47.8 Å². The SMILES string of the molecule is Cc1ccccc1/C=C/C(=O)c1ccc(C(C)(C)C)cc1. The van der Waals surface area contributed by atoms with E-state index in [9.17, 15) is 4.79 Å². The Morgan fingerprint density at radius 3 is 2.14 bits per heavy atom. The number of hydrogen-bond acceptors (Lipinski definition) is 1. The van der Waals surface area contributed by atoms with Crippen LogP contribution < -0.4 is 0 Å². The molecule has 0 aromatic heterocycles. The Balaban J connectivity index is 2.16. The van der Waals surface area contributed by atoms with Gasteiger partial charge in [-0.15, -0.1) is 0 Å². The lowest BCUT2D eigenvalue weighted by molar-refractivity contribution is 0.104. The Labute approximate surface area is 127 Å². The van der Waals surface area contributed by atoms with Gasteiger partial charge in [-0.05, 0) is 35.1 Å². The molecule has 2 aromatic rings. The van der Waals surface area contributed by atoms with Gasteiger partial charge in [-0.3, -0.25) is 4.79 Å². The fourth-order valence-electron chi connectivity index (χ4n) is 2.17. The van der Waals surface area contributed by atoms with Crippen LogP contribution in [0.4, 0.5) is 0 Å². The van der Waals surface area contributed by atoms with Crippen molar-refractivity contribution in [1.82, 2.24) is 0 Å². The van der Waals surface area contributed by atoms with Gasteiger partial charge in [-0.2, -0.15) is 0 Å². The highest BCUT2D eigenvalue weighted by Crippen LogP contribution is 2.22. The molecule has 0 bridgehead atoms. The molecule has 1 nitrogen and oxygen atoms in total. The number of allylic oxidation sites excluding steroid dienone is 1. The zero-order valence-corrected chi connectivity index (χ0v) is 13.2. The highest BCUT2D eigenvalue weighted by Gasteiger charge is 2.13. The number of carbonyl (C=O) groups excluding carboxylic acids is 1. The molecule has 0 heterocycles. The predicted octanol–water partition coefficient (Wildman–Crippen LogP) is 5.19. The van der Waals surface area contributed by atoms with Crippen molar-refractivity contribution in [3.05, 3.63) is 76.9 Å². The standard InChI is InChI=1S/C20H22O/c1-15-7-5-6-8-16(15)11-14-19(21)17-9-12-18(13-10-17)20(2,3)4/h5-14H,1-4H3/b14-11+. The zero-order valence-electron chi connectivity index (χ0n) is 13.2. The lowest BCUT2D eigenvalue weighted by Gasteiger charge is -2.18. The van der Waals surface area contributed by atoms with Gasteiger partial charge in [0.05, 0.1) is 0 Å². The van der Waals surface area contributed by atoms with E-state index in [-0.39, 0.29) is 11.2 Å². The van der Waals surface area contributed by atoms with Crippen LogP contribution in [0.2, 0.25) is 0 Å². The van der Waals surface area contributed by atoms with E-state index in [1.54, 1.807) is 6.08 Å². The van der Waals surface area contributed by atoms with Gasteiger partial charge >= 0.3 is 0 Å². The maximum atomic E-state index is 12.2. The molecule has 0 atom stereocenters. The molecule has 0 N–H and O–H groups in total. The molecular formula is C20H22O. The van der Waals surface area contributed by atoms with Crippen LogP contribution in [-0.4, -0.2) is 5.78 Å². The van der Waals surface area contributed by atoms with Crippen molar-refractivity contribution in [3.8, 4) is 0 Å². The first kappa shape index (κ1) is 15.2. The van der Waals surface area contributed by atoms with E-state index in [0.717, 1.165) is 11.1 Å². The summed E-state index contributed by atoms with van der Waals surface area (Å²) in [5.41, 5.74) is 4.33. The van der Waals surface area contributed by atoms with E-state index < -0.39 is 0 Å². The number of aryl methyl sites for hydroxylation is 1. The molecule has 1 heteroatoms. The van der Waals surface area contributed by atoms with E-state index in [1.807, 2.05) is 61.5 Å². The van der Waals surface area contributed by atoms with Crippen LogP contribution in [0.3, 0.4) is 0 Å². The summed E-state index contributed by atoms with van der Waals surface area (Å²) in [7, 11) is 0. The van der Waals surface area contributed by atoms with Crippen LogP contribution in [0.5, 0.6) is 0 Å². The van der Waals surface area contributed by atoms with Crippen LogP contribution >= 0.6 is 0 Å². The van der Waals surface area contributed by atoms with E-state index >= 15 is 0 Å². The monoisotopic (exact) mass is 278 g/mol. The van der Waals surface area contributed by atoms with Crippen LogP contribution in [-0.2, 0) is 5.41 Å². The predicted molar refractivity (Wildman–Crippen MR) is 89.7 cm³/mol. The van der Waals surface area contributed by atoms with Crippen molar-refractivity contribution in [1.29, 1.82) is 0 Å². The molecule has 0 aliphatic carbocycles. The van der Waals surface area contributed by atoms with Gasteiger partial charge in [0.15, 0.2) is 5.78 Å². The summed E-state index contributed by atoms with van der Waals surface area (Å²) in [6, 6.07) is 15.9. The van der Waals surface area contributed by atoms with Crippen molar-refractivity contribution >= 4 is 11.9 Å². The Morgan fingerprint density at radius 1 is 0.952 bits per heavy atom. The topological polar surface area (TPSA) is 17.1 Å². The minimum absolute atomic E-state index is 0.0405. The average Bonchev–Trinajstić information content (AvgIpc) is 2.45. The smallest absolute Gasteiger partial charge is 0.185 e. The Kier molecular flexibility index (Phi) is 4.42. The van der Waals surface area contributed by atoms with Gasteiger partial charge in [0, 0.05) is 5.56 Å². The highest BCUT2D eigenvalue weighted by molar-refractivity contribution is 6.06. The highest BCUT2D eigenvalue weighted by atomic mass is 16.1. The second-order valence-electron chi connectivity index (χ2n) is 6.38. The molecule has 0 spiro atoms. The zero-order chi connectivity index (χ0) is 15.5. The lowest BCUT2D eigenvalue weighted by Crippen LogP contribution is -2.11. The molecule has 0 unspecified atom stereocenters. The van der Waals surface area contributed by atoms with E-state index in [2.05, 4.69) is 20.8 Å². The number of carbonyl (C=O) groups is 1. The van der Waals surface area contributed by atoms with Crippen molar-refractivity contribution in [2.75, 3.05) is 0 Å². The molecule has 0 saturated heterocycles. The molecular weight excluding hydrogens is 256 g/mol. The third kappa shape index (κ3) is 3.91. The molecule has 0 amide bonds. The Morgan fingerprint density at radius 2 is 1.57 bits per heavy atom. The minimum atomic E-state index is 0.0405. The molecule has 2 rings (SSSR count). The average molecular weight is 278 g/mol. The number of ketones is 1. The summed E-state index contributed by atoms with van der Waals surface area (Å²) in [6.07, 6.45) is 3.53. The van der Waals surface area contributed by atoms with Gasteiger partial charge < -0.3 is 0 Å². The molecule has 0 aliphatic rings. The number of rotatable bonds is 3. The maximum Gasteiger partial charge on any atom is 0.185 e. The third-order valence-electron chi connectivity index (χ3n) is 3.64. The van der Waals surface area contributed by atoms with Crippen LogP contribution in [0.25, 0.3) is 6.08 Å². The second-order valence-corrected chi connectivity index (χ2v) is 6.38. The van der Waals surface area contributed by atoms with Crippen molar-refractivity contribution in [3.63, 3.8) is 0 Å². The maximum absolute atomic E-state index is 12.2. The fourth-order valence-corrected chi connectivity index (χ4v) is 2.17. The normalized spacial score (nSPS) is 11.8. The molecule has 0 aliphatic heterocycles. The summed E-state index contributed by atoms with van der Waals surface area (Å²) in [5.74, 6) is 0.0405. The fraction of sp³-hybridized carbons (Fsp3) is 0.250. The first-order chi connectivity index (χ1) is 9.88. The summed E-state index contributed by atoms with van der Waals surface area (Å²) < 4.78 is 0. The third-order valence-corrected chi connectivity index (χ3v) is 3.64. The van der Waals surface area contributed by atoms with Gasteiger partial charge in [0.25, 0.3) is 0 Å². The van der Waals surface area contributed by atoms with Gasteiger partial charge in [-0.25, -0.2) is 0 Å². The molecule has 0 radical (unpaired) electrons. The molecule has 0 saturated carbocycles. The van der Waals surface area contributed by atoms with Crippen LogP contribution in [0, 0.1) is 6.92 Å². The minimum Gasteiger partial charge on any atom is -0.289 e. The summed E-state index contributed by atoms with van der Waals surface area (Å²) in [6.45, 7) is 8.55. The largest absolute Gasteiger partial charge is 0.289 e. The summed E-state index contributed by atoms with van der Waals surface area (Å²) >= 11 is 0. The van der Waals surface area contributed by atoms with Gasteiger partial charge in [0.2, 0.25) is 0 Å². The van der Waals surface area contributed by atoms with E-state index in [4.69, 9.17) is 0 Å². The Bertz CT molecular complexity index is 655. The molecule has 0 fully saturated rings. The molecule has 2 aromatic carbocycles.